The van der Waals surface area contributed by atoms with Crippen LogP contribution in [-0.4, -0.2) is 50.2 Å². The summed E-state index contributed by atoms with van der Waals surface area (Å²) in [7, 11) is 1.68. The SMILES string of the molecule is COCCNCC(=O)N1CCCC2CCCCC21.Cl. The molecule has 2 atom stereocenters. The number of carbonyl (C=O) groups is 1. The molecule has 4 nitrogen and oxygen atoms in total. The first-order chi connectivity index (χ1) is 8.83. The summed E-state index contributed by atoms with van der Waals surface area (Å²) in [5, 5.41) is 3.16. The van der Waals surface area contributed by atoms with Gasteiger partial charge in [0, 0.05) is 26.2 Å². The zero-order chi connectivity index (χ0) is 12.8. The van der Waals surface area contributed by atoms with Crippen LogP contribution < -0.4 is 5.32 Å². The molecule has 1 amide bonds. The van der Waals surface area contributed by atoms with Crippen LogP contribution in [0.2, 0.25) is 0 Å². The summed E-state index contributed by atoms with van der Waals surface area (Å²) >= 11 is 0. The van der Waals surface area contributed by atoms with Crippen molar-refractivity contribution in [3.63, 3.8) is 0 Å². The molecular formula is C14H27ClN2O2. The van der Waals surface area contributed by atoms with Crippen LogP contribution in [0.25, 0.3) is 0 Å². The molecule has 2 aliphatic rings. The average molecular weight is 291 g/mol. The van der Waals surface area contributed by atoms with Gasteiger partial charge in [-0.15, -0.1) is 12.4 Å². The van der Waals surface area contributed by atoms with E-state index in [-0.39, 0.29) is 18.3 Å². The maximum Gasteiger partial charge on any atom is 0.236 e. The fraction of sp³-hybridized carbons (Fsp3) is 0.929. The molecule has 1 saturated heterocycles. The molecule has 1 saturated carbocycles. The van der Waals surface area contributed by atoms with Crippen LogP contribution in [0.1, 0.15) is 38.5 Å². The highest BCUT2D eigenvalue weighted by Crippen LogP contribution is 2.35. The fourth-order valence-electron chi connectivity index (χ4n) is 3.41. The Bertz CT molecular complexity index is 274. The second-order valence-corrected chi connectivity index (χ2v) is 5.51. The zero-order valence-electron chi connectivity index (χ0n) is 11.9. The number of piperidine rings is 1. The molecule has 0 aromatic carbocycles. The predicted molar refractivity (Wildman–Crippen MR) is 78.7 cm³/mol. The molecule has 2 fully saturated rings. The van der Waals surface area contributed by atoms with Crippen molar-refractivity contribution < 1.29 is 9.53 Å². The highest BCUT2D eigenvalue weighted by molar-refractivity contribution is 5.85. The lowest BCUT2D eigenvalue weighted by Gasteiger charge is -2.44. The van der Waals surface area contributed by atoms with Crippen LogP contribution >= 0.6 is 12.4 Å². The first-order valence-corrected chi connectivity index (χ1v) is 7.32. The van der Waals surface area contributed by atoms with Crippen molar-refractivity contribution in [3.8, 4) is 0 Å². The van der Waals surface area contributed by atoms with Gasteiger partial charge in [0.2, 0.25) is 5.91 Å². The summed E-state index contributed by atoms with van der Waals surface area (Å²) < 4.78 is 4.97. The second-order valence-electron chi connectivity index (χ2n) is 5.51. The van der Waals surface area contributed by atoms with Crippen molar-refractivity contribution in [1.82, 2.24) is 10.2 Å². The molecule has 0 radical (unpaired) electrons. The third-order valence-corrected chi connectivity index (χ3v) is 4.32. The van der Waals surface area contributed by atoms with Gasteiger partial charge in [0.25, 0.3) is 0 Å². The Balaban J connectivity index is 0.00000180. The van der Waals surface area contributed by atoms with E-state index in [1.165, 1.54) is 38.5 Å². The maximum atomic E-state index is 12.2. The van der Waals surface area contributed by atoms with Crippen molar-refractivity contribution in [3.05, 3.63) is 0 Å². The summed E-state index contributed by atoms with van der Waals surface area (Å²) in [6.07, 6.45) is 7.70. The average Bonchev–Trinajstić information content (AvgIpc) is 2.43. The van der Waals surface area contributed by atoms with Gasteiger partial charge >= 0.3 is 0 Å². The summed E-state index contributed by atoms with van der Waals surface area (Å²) in [5.41, 5.74) is 0. The van der Waals surface area contributed by atoms with Crippen LogP contribution in [-0.2, 0) is 9.53 Å². The lowest BCUT2D eigenvalue weighted by atomic mass is 9.78. The van der Waals surface area contributed by atoms with E-state index in [1.54, 1.807) is 7.11 Å². The summed E-state index contributed by atoms with van der Waals surface area (Å²) in [6.45, 7) is 2.85. The normalized spacial score (nSPS) is 26.5. The third kappa shape index (κ3) is 4.62. The van der Waals surface area contributed by atoms with Crippen LogP contribution in [0, 0.1) is 5.92 Å². The molecule has 0 aromatic heterocycles. The highest BCUT2D eigenvalue weighted by atomic mass is 35.5. The van der Waals surface area contributed by atoms with Gasteiger partial charge in [-0.2, -0.15) is 0 Å². The number of nitrogens with zero attached hydrogens (tertiary/aromatic N) is 1. The van der Waals surface area contributed by atoms with Gasteiger partial charge in [0.15, 0.2) is 0 Å². The molecule has 2 rings (SSSR count). The van der Waals surface area contributed by atoms with Crippen molar-refractivity contribution in [2.75, 3.05) is 33.4 Å². The van der Waals surface area contributed by atoms with Gasteiger partial charge in [-0.25, -0.2) is 0 Å². The van der Waals surface area contributed by atoms with Crippen LogP contribution in [0.4, 0.5) is 0 Å². The van der Waals surface area contributed by atoms with Crippen LogP contribution in [0.5, 0.6) is 0 Å². The van der Waals surface area contributed by atoms with Crippen LogP contribution in [0.3, 0.4) is 0 Å². The number of fused-ring (bicyclic) bond motifs is 1. The van der Waals surface area contributed by atoms with Gasteiger partial charge in [-0.3, -0.25) is 4.79 Å². The lowest BCUT2D eigenvalue weighted by Crippen LogP contribution is -2.52. The first kappa shape index (κ1) is 16.7. The molecule has 19 heavy (non-hydrogen) atoms. The van der Waals surface area contributed by atoms with Gasteiger partial charge < -0.3 is 15.0 Å². The van der Waals surface area contributed by atoms with Gasteiger partial charge in [-0.1, -0.05) is 12.8 Å². The molecule has 1 heterocycles. The monoisotopic (exact) mass is 290 g/mol. The number of nitrogens with one attached hydrogen (secondary N) is 1. The molecule has 1 N–H and O–H groups in total. The van der Waals surface area contributed by atoms with E-state index in [1.807, 2.05) is 0 Å². The van der Waals surface area contributed by atoms with E-state index < -0.39 is 0 Å². The van der Waals surface area contributed by atoms with Gasteiger partial charge in [0.05, 0.1) is 13.2 Å². The molecule has 0 bridgehead atoms. The Labute approximate surface area is 122 Å². The van der Waals surface area contributed by atoms with Gasteiger partial charge in [-0.05, 0) is 31.6 Å². The van der Waals surface area contributed by atoms with Crippen LogP contribution in [0.15, 0.2) is 0 Å². The Hall–Kier alpha value is -0.320. The minimum Gasteiger partial charge on any atom is -0.383 e. The number of amides is 1. The molecular weight excluding hydrogens is 264 g/mol. The molecule has 1 aliphatic carbocycles. The molecule has 1 aliphatic heterocycles. The molecule has 0 aromatic rings. The van der Waals surface area contributed by atoms with E-state index in [2.05, 4.69) is 10.2 Å². The number of ether oxygens (including phenoxy) is 1. The number of hydrogen-bond acceptors (Lipinski definition) is 3. The van der Waals surface area contributed by atoms with E-state index in [4.69, 9.17) is 4.74 Å². The Morgan fingerprint density at radius 2 is 2.00 bits per heavy atom. The molecule has 0 spiro atoms. The fourth-order valence-corrected chi connectivity index (χ4v) is 3.41. The second kappa shape index (κ2) is 8.77. The number of methoxy groups -OCH3 is 1. The first-order valence-electron chi connectivity index (χ1n) is 7.32. The zero-order valence-corrected chi connectivity index (χ0v) is 12.7. The summed E-state index contributed by atoms with van der Waals surface area (Å²) in [6, 6.07) is 0.532. The maximum absolute atomic E-state index is 12.2. The van der Waals surface area contributed by atoms with E-state index >= 15 is 0 Å². The number of halogens is 1. The van der Waals surface area contributed by atoms with Crippen molar-refractivity contribution in [2.24, 2.45) is 5.92 Å². The minimum atomic E-state index is 0. The molecule has 112 valence electrons. The number of carbonyl (C=O) groups excluding carboxylic acids is 1. The highest BCUT2D eigenvalue weighted by Gasteiger charge is 2.35. The minimum absolute atomic E-state index is 0. The number of rotatable bonds is 5. The molecule has 5 heteroatoms. The third-order valence-electron chi connectivity index (χ3n) is 4.32. The largest absolute Gasteiger partial charge is 0.383 e. The lowest BCUT2D eigenvalue weighted by molar-refractivity contribution is -0.136. The van der Waals surface area contributed by atoms with Crippen molar-refractivity contribution in [2.45, 2.75) is 44.6 Å². The number of hydrogen-bond donors (Lipinski definition) is 1. The Morgan fingerprint density at radius 1 is 1.26 bits per heavy atom. The van der Waals surface area contributed by atoms with E-state index in [9.17, 15) is 4.79 Å². The Morgan fingerprint density at radius 3 is 2.79 bits per heavy atom. The predicted octanol–water partition coefficient (Wildman–Crippen LogP) is 1.83. The van der Waals surface area contributed by atoms with Crippen molar-refractivity contribution in [1.29, 1.82) is 0 Å². The number of likely N-dealkylation sites (tertiary alicyclic amines) is 1. The van der Waals surface area contributed by atoms with E-state index in [0.29, 0.717) is 19.2 Å². The standard InChI is InChI=1S/C14H26N2O2.ClH/c1-18-10-8-15-11-14(17)16-9-4-6-12-5-2-3-7-13(12)16;/h12-13,15H,2-11H2,1H3;1H. The van der Waals surface area contributed by atoms with Gasteiger partial charge in [0.1, 0.15) is 0 Å². The smallest absolute Gasteiger partial charge is 0.236 e. The van der Waals surface area contributed by atoms with E-state index in [0.717, 1.165) is 19.0 Å². The van der Waals surface area contributed by atoms with Crippen molar-refractivity contribution >= 4 is 18.3 Å². The quantitative estimate of drug-likeness (QED) is 0.786. The summed E-state index contributed by atoms with van der Waals surface area (Å²) in [5.74, 6) is 1.05. The Kier molecular flexibility index (Phi) is 7.73. The topological polar surface area (TPSA) is 41.6 Å². The summed E-state index contributed by atoms with van der Waals surface area (Å²) in [4.78, 5) is 14.4. The molecule has 2 unspecified atom stereocenters.